The van der Waals surface area contributed by atoms with E-state index in [1.54, 1.807) is 23.8 Å². The Bertz CT molecular complexity index is 1090. The normalized spacial score (nSPS) is 13.6. The molecular formula is C22H24N4O3. The van der Waals surface area contributed by atoms with Crippen molar-refractivity contribution in [2.75, 3.05) is 30.4 Å². The summed E-state index contributed by atoms with van der Waals surface area (Å²) in [5, 5.41) is 2.86. The van der Waals surface area contributed by atoms with E-state index in [-0.39, 0.29) is 17.9 Å². The number of aromatic nitrogens is 2. The first-order valence-corrected chi connectivity index (χ1v) is 9.84. The van der Waals surface area contributed by atoms with Gasteiger partial charge in [-0.3, -0.25) is 9.59 Å². The summed E-state index contributed by atoms with van der Waals surface area (Å²) < 4.78 is 6.85. The Morgan fingerprint density at radius 1 is 1.14 bits per heavy atom. The molecule has 0 atom stereocenters. The molecule has 0 aliphatic carbocycles. The van der Waals surface area contributed by atoms with Crippen LogP contribution in [0.1, 0.15) is 19.3 Å². The molecule has 7 nitrogen and oxygen atoms in total. The van der Waals surface area contributed by atoms with Crippen LogP contribution in [0.3, 0.4) is 0 Å². The van der Waals surface area contributed by atoms with Crippen molar-refractivity contribution in [2.45, 2.75) is 25.8 Å². The molecule has 0 radical (unpaired) electrons. The number of hydrogen-bond donors (Lipinski definition) is 1. The SMILES string of the molecule is COc1cccc(NC(=O)CCn2c(=O)c(N3CCCC3)nc3ccccc32)c1. The zero-order valence-corrected chi connectivity index (χ0v) is 16.4. The van der Waals surface area contributed by atoms with Gasteiger partial charge in [-0.25, -0.2) is 4.98 Å². The summed E-state index contributed by atoms with van der Waals surface area (Å²) in [6.07, 6.45) is 2.32. The van der Waals surface area contributed by atoms with Gasteiger partial charge >= 0.3 is 0 Å². The first kappa shape index (κ1) is 19.0. The lowest BCUT2D eigenvalue weighted by atomic mass is 10.2. The quantitative estimate of drug-likeness (QED) is 0.698. The third-order valence-electron chi connectivity index (χ3n) is 5.16. The molecule has 1 saturated heterocycles. The Balaban J connectivity index is 1.57. The third kappa shape index (κ3) is 4.08. The molecular weight excluding hydrogens is 368 g/mol. The second kappa shape index (κ2) is 8.34. The van der Waals surface area contributed by atoms with E-state index in [4.69, 9.17) is 4.74 Å². The topological polar surface area (TPSA) is 76.5 Å². The number of nitrogens with zero attached hydrogens (tertiary/aromatic N) is 3. The molecule has 1 aliphatic rings. The number of anilines is 2. The number of fused-ring (bicyclic) bond motifs is 1. The summed E-state index contributed by atoms with van der Waals surface area (Å²) in [5.41, 5.74) is 2.04. The van der Waals surface area contributed by atoms with E-state index in [0.29, 0.717) is 23.8 Å². The lowest BCUT2D eigenvalue weighted by molar-refractivity contribution is -0.116. The summed E-state index contributed by atoms with van der Waals surface area (Å²) in [5.74, 6) is 0.998. The molecule has 1 amide bonds. The van der Waals surface area contributed by atoms with Crippen LogP contribution in [0.25, 0.3) is 11.0 Å². The molecule has 0 bridgehead atoms. The van der Waals surface area contributed by atoms with Crippen LogP contribution < -0.4 is 20.5 Å². The van der Waals surface area contributed by atoms with Gasteiger partial charge in [-0.15, -0.1) is 0 Å². The van der Waals surface area contributed by atoms with E-state index in [0.717, 1.165) is 37.0 Å². The lowest BCUT2D eigenvalue weighted by Gasteiger charge is -2.19. The Morgan fingerprint density at radius 3 is 2.72 bits per heavy atom. The van der Waals surface area contributed by atoms with E-state index in [1.165, 1.54) is 0 Å². The van der Waals surface area contributed by atoms with Gasteiger partial charge in [0, 0.05) is 37.8 Å². The Labute approximate surface area is 168 Å². The van der Waals surface area contributed by atoms with Gasteiger partial charge in [0.1, 0.15) is 5.75 Å². The number of methoxy groups -OCH3 is 1. The van der Waals surface area contributed by atoms with Gasteiger partial charge in [-0.05, 0) is 37.1 Å². The fraction of sp³-hybridized carbons (Fsp3) is 0.318. The van der Waals surface area contributed by atoms with Gasteiger partial charge in [0.25, 0.3) is 5.56 Å². The molecule has 1 aliphatic heterocycles. The predicted octanol–water partition coefficient (Wildman–Crippen LogP) is 3.03. The maximum absolute atomic E-state index is 13.1. The standard InChI is InChI=1S/C22H24N4O3/c1-29-17-8-6-7-16(15-17)23-20(27)11-14-26-19-10-3-2-9-18(19)24-21(22(26)28)25-12-4-5-13-25/h2-3,6-10,15H,4-5,11-14H2,1H3,(H,23,27). The predicted molar refractivity (Wildman–Crippen MR) is 114 cm³/mol. The van der Waals surface area contributed by atoms with Crippen LogP contribution in [0, 0.1) is 0 Å². The minimum absolute atomic E-state index is 0.139. The van der Waals surface area contributed by atoms with Crippen molar-refractivity contribution in [3.63, 3.8) is 0 Å². The van der Waals surface area contributed by atoms with Gasteiger partial charge in [-0.1, -0.05) is 18.2 Å². The van der Waals surface area contributed by atoms with E-state index < -0.39 is 0 Å². The smallest absolute Gasteiger partial charge is 0.294 e. The average molecular weight is 392 g/mol. The van der Waals surface area contributed by atoms with E-state index >= 15 is 0 Å². The van der Waals surface area contributed by atoms with Crippen molar-refractivity contribution in [1.82, 2.24) is 9.55 Å². The van der Waals surface area contributed by atoms with Crippen LogP contribution in [0.5, 0.6) is 5.75 Å². The number of nitrogens with one attached hydrogen (secondary N) is 1. The minimum atomic E-state index is -0.159. The summed E-state index contributed by atoms with van der Waals surface area (Å²) >= 11 is 0. The highest BCUT2D eigenvalue weighted by atomic mass is 16.5. The van der Waals surface area contributed by atoms with E-state index in [1.807, 2.05) is 41.3 Å². The highest BCUT2D eigenvalue weighted by Crippen LogP contribution is 2.19. The second-order valence-corrected chi connectivity index (χ2v) is 7.11. The summed E-state index contributed by atoms with van der Waals surface area (Å²) in [4.78, 5) is 32.3. The first-order valence-electron chi connectivity index (χ1n) is 9.84. The maximum atomic E-state index is 13.1. The van der Waals surface area contributed by atoms with Gasteiger partial charge < -0.3 is 19.5 Å². The molecule has 150 valence electrons. The molecule has 0 unspecified atom stereocenters. The molecule has 2 aromatic carbocycles. The molecule has 0 saturated carbocycles. The van der Waals surface area contributed by atoms with Crippen molar-refractivity contribution in [2.24, 2.45) is 0 Å². The Morgan fingerprint density at radius 2 is 1.93 bits per heavy atom. The molecule has 0 spiro atoms. The molecule has 2 heterocycles. The monoisotopic (exact) mass is 392 g/mol. The molecule has 4 rings (SSSR count). The minimum Gasteiger partial charge on any atom is -0.497 e. The zero-order valence-electron chi connectivity index (χ0n) is 16.4. The van der Waals surface area contributed by atoms with E-state index in [9.17, 15) is 9.59 Å². The number of ether oxygens (including phenoxy) is 1. The fourth-order valence-corrected chi connectivity index (χ4v) is 3.67. The fourth-order valence-electron chi connectivity index (χ4n) is 3.67. The van der Waals surface area contributed by atoms with Gasteiger partial charge in [-0.2, -0.15) is 0 Å². The number of para-hydroxylation sites is 2. The molecule has 1 fully saturated rings. The number of rotatable bonds is 6. The van der Waals surface area contributed by atoms with Gasteiger partial charge in [0.2, 0.25) is 5.91 Å². The van der Waals surface area contributed by atoms with Crippen molar-refractivity contribution < 1.29 is 9.53 Å². The number of hydrogen-bond acceptors (Lipinski definition) is 5. The highest BCUT2D eigenvalue weighted by molar-refractivity contribution is 5.91. The van der Waals surface area contributed by atoms with Crippen molar-refractivity contribution >= 4 is 28.4 Å². The number of aryl methyl sites for hydroxylation is 1. The largest absolute Gasteiger partial charge is 0.497 e. The van der Waals surface area contributed by atoms with Crippen LogP contribution in [-0.2, 0) is 11.3 Å². The van der Waals surface area contributed by atoms with Gasteiger partial charge in [0.05, 0.1) is 18.1 Å². The van der Waals surface area contributed by atoms with Crippen LogP contribution >= 0.6 is 0 Å². The van der Waals surface area contributed by atoms with E-state index in [2.05, 4.69) is 10.3 Å². The number of amides is 1. The summed E-state index contributed by atoms with van der Waals surface area (Å²) in [6, 6.07) is 14.8. The molecule has 1 N–H and O–H groups in total. The average Bonchev–Trinajstić information content (AvgIpc) is 3.27. The molecule has 1 aromatic heterocycles. The zero-order chi connectivity index (χ0) is 20.2. The van der Waals surface area contributed by atoms with Crippen molar-refractivity contribution in [1.29, 1.82) is 0 Å². The Kier molecular flexibility index (Phi) is 5.46. The highest BCUT2D eigenvalue weighted by Gasteiger charge is 2.20. The lowest BCUT2D eigenvalue weighted by Crippen LogP contribution is -2.32. The van der Waals surface area contributed by atoms with Crippen LogP contribution in [0.15, 0.2) is 53.3 Å². The number of benzene rings is 2. The maximum Gasteiger partial charge on any atom is 0.294 e. The molecule has 3 aromatic rings. The molecule has 29 heavy (non-hydrogen) atoms. The Hall–Kier alpha value is -3.35. The summed E-state index contributed by atoms with van der Waals surface area (Å²) in [6.45, 7) is 1.98. The first-order chi connectivity index (χ1) is 14.2. The van der Waals surface area contributed by atoms with Crippen LogP contribution in [0.4, 0.5) is 11.5 Å². The van der Waals surface area contributed by atoms with Crippen molar-refractivity contribution in [3.8, 4) is 5.75 Å². The van der Waals surface area contributed by atoms with Crippen LogP contribution in [-0.4, -0.2) is 35.7 Å². The van der Waals surface area contributed by atoms with Crippen LogP contribution in [0.2, 0.25) is 0 Å². The number of carbonyl (C=O) groups is 1. The van der Waals surface area contributed by atoms with Gasteiger partial charge in [0.15, 0.2) is 5.82 Å². The third-order valence-corrected chi connectivity index (χ3v) is 5.16. The van der Waals surface area contributed by atoms with Crippen molar-refractivity contribution in [3.05, 3.63) is 58.9 Å². The molecule has 7 heteroatoms. The summed E-state index contributed by atoms with van der Waals surface area (Å²) in [7, 11) is 1.58. The number of carbonyl (C=O) groups excluding carboxylic acids is 1. The second-order valence-electron chi connectivity index (χ2n) is 7.11.